The largest absolute Gasteiger partial charge is 0.464 e. The number of hydrogen-bond acceptors (Lipinski definition) is 3. The van der Waals surface area contributed by atoms with Gasteiger partial charge in [-0.05, 0) is 18.1 Å². The van der Waals surface area contributed by atoms with E-state index in [1.165, 1.54) is 13.2 Å². The maximum absolute atomic E-state index is 12.0. The maximum atomic E-state index is 12.0. The summed E-state index contributed by atoms with van der Waals surface area (Å²) in [6, 6.07) is 6.84. The summed E-state index contributed by atoms with van der Waals surface area (Å²) < 4.78 is 4.59. The summed E-state index contributed by atoms with van der Waals surface area (Å²) in [6.45, 7) is 1.99. The molecule has 2 rings (SSSR count). The first-order valence-electron chi connectivity index (χ1n) is 5.40. The fourth-order valence-electron chi connectivity index (χ4n) is 1.89. The summed E-state index contributed by atoms with van der Waals surface area (Å²) in [5.74, 6) is -0.536. The Bertz CT molecular complexity index is 628. The molecule has 0 aliphatic rings. The van der Waals surface area contributed by atoms with Gasteiger partial charge in [-0.25, -0.2) is 4.79 Å². The Labute approximate surface area is 98.2 Å². The van der Waals surface area contributed by atoms with E-state index in [0.29, 0.717) is 10.9 Å². The van der Waals surface area contributed by atoms with Crippen LogP contribution in [0.5, 0.6) is 0 Å². The third-order valence-corrected chi connectivity index (χ3v) is 2.73. The second kappa shape index (κ2) is 4.41. The van der Waals surface area contributed by atoms with Gasteiger partial charge in [0, 0.05) is 11.5 Å². The van der Waals surface area contributed by atoms with Gasteiger partial charge in [-0.3, -0.25) is 4.79 Å². The van der Waals surface area contributed by atoms with Gasteiger partial charge in [0.2, 0.25) is 0 Å². The Kier molecular flexibility index (Phi) is 2.95. The Morgan fingerprint density at radius 1 is 1.41 bits per heavy atom. The molecule has 0 radical (unpaired) electrons. The van der Waals surface area contributed by atoms with Gasteiger partial charge in [0.25, 0.3) is 0 Å². The van der Waals surface area contributed by atoms with E-state index in [1.54, 1.807) is 6.07 Å². The van der Waals surface area contributed by atoms with Crippen LogP contribution >= 0.6 is 0 Å². The number of pyridine rings is 1. The molecule has 0 spiro atoms. The van der Waals surface area contributed by atoms with E-state index in [0.717, 1.165) is 12.0 Å². The summed E-state index contributed by atoms with van der Waals surface area (Å²) in [6.07, 6.45) is 0.776. The molecule has 0 fully saturated rings. The molecule has 0 saturated heterocycles. The first kappa shape index (κ1) is 11.4. The Balaban J connectivity index is 2.76. The molecule has 0 atom stereocenters. The fourth-order valence-corrected chi connectivity index (χ4v) is 1.89. The van der Waals surface area contributed by atoms with Crippen LogP contribution in [-0.2, 0) is 11.2 Å². The highest BCUT2D eigenvalue weighted by molar-refractivity contribution is 5.91. The van der Waals surface area contributed by atoms with Gasteiger partial charge in [0.15, 0.2) is 5.43 Å². The third-order valence-electron chi connectivity index (χ3n) is 2.73. The van der Waals surface area contributed by atoms with Crippen LogP contribution in [0.4, 0.5) is 0 Å². The van der Waals surface area contributed by atoms with Crippen molar-refractivity contribution in [3.8, 4) is 0 Å². The van der Waals surface area contributed by atoms with Crippen LogP contribution in [0.1, 0.15) is 23.0 Å². The van der Waals surface area contributed by atoms with Crippen molar-refractivity contribution < 1.29 is 9.53 Å². The predicted octanol–water partition coefficient (Wildman–Crippen LogP) is 1.88. The number of aromatic nitrogens is 1. The molecule has 17 heavy (non-hydrogen) atoms. The molecular formula is C13H13NO3. The summed E-state index contributed by atoms with van der Waals surface area (Å²) in [7, 11) is 1.29. The van der Waals surface area contributed by atoms with Gasteiger partial charge in [-0.15, -0.1) is 0 Å². The lowest BCUT2D eigenvalue weighted by molar-refractivity contribution is 0.0594. The topological polar surface area (TPSA) is 59.2 Å². The quantitative estimate of drug-likeness (QED) is 0.803. The van der Waals surface area contributed by atoms with Crippen molar-refractivity contribution in [2.75, 3.05) is 7.11 Å². The number of hydrogen-bond donors (Lipinski definition) is 1. The van der Waals surface area contributed by atoms with Crippen molar-refractivity contribution in [3.05, 3.63) is 45.7 Å². The zero-order valence-electron chi connectivity index (χ0n) is 9.74. The van der Waals surface area contributed by atoms with Crippen molar-refractivity contribution in [2.24, 2.45) is 0 Å². The molecule has 0 aliphatic carbocycles. The Morgan fingerprint density at radius 3 is 2.82 bits per heavy atom. The number of esters is 1. The minimum atomic E-state index is -0.536. The van der Waals surface area contributed by atoms with Gasteiger partial charge in [-0.1, -0.05) is 19.1 Å². The van der Waals surface area contributed by atoms with Crippen molar-refractivity contribution in [1.29, 1.82) is 0 Å². The average Bonchev–Trinajstić information content (AvgIpc) is 2.36. The molecule has 0 amide bonds. The Morgan fingerprint density at radius 2 is 2.18 bits per heavy atom. The number of fused-ring (bicyclic) bond motifs is 1. The normalized spacial score (nSPS) is 10.5. The highest BCUT2D eigenvalue weighted by Gasteiger charge is 2.11. The lowest BCUT2D eigenvalue weighted by atomic mass is 10.1. The van der Waals surface area contributed by atoms with Crippen molar-refractivity contribution >= 4 is 16.9 Å². The molecule has 0 unspecified atom stereocenters. The van der Waals surface area contributed by atoms with Crippen LogP contribution in [-0.4, -0.2) is 18.1 Å². The number of ether oxygens (including phenoxy) is 1. The predicted molar refractivity (Wildman–Crippen MR) is 65.3 cm³/mol. The molecule has 4 nitrogen and oxygen atoms in total. The molecule has 4 heteroatoms. The summed E-state index contributed by atoms with van der Waals surface area (Å²) >= 11 is 0. The minimum Gasteiger partial charge on any atom is -0.464 e. The molecule has 1 N–H and O–H groups in total. The van der Waals surface area contributed by atoms with Crippen molar-refractivity contribution in [2.45, 2.75) is 13.3 Å². The number of rotatable bonds is 2. The van der Waals surface area contributed by atoms with E-state index in [9.17, 15) is 9.59 Å². The minimum absolute atomic E-state index is 0.156. The van der Waals surface area contributed by atoms with Crippen LogP contribution in [0.25, 0.3) is 10.9 Å². The van der Waals surface area contributed by atoms with E-state index in [4.69, 9.17) is 0 Å². The number of H-pyrrole nitrogens is 1. The second-order valence-electron chi connectivity index (χ2n) is 3.73. The SMILES string of the molecule is CCc1cccc2[nH]c(C(=O)OC)cc(=O)c12. The van der Waals surface area contributed by atoms with Gasteiger partial charge in [-0.2, -0.15) is 0 Å². The molecule has 0 saturated carbocycles. The summed E-state index contributed by atoms with van der Waals surface area (Å²) in [5.41, 5.74) is 1.66. The highest BCUT2D eigenvalue weighted by Crippen LogP contribution is 2.14. The standard InChI is InChI=1S/C13H13NO3/c1-3-8-5-4-6-9-12(8)11(15)7-10(14-9)13(16)17-2/h4-7H,3H2,1-2H3,(H,14,15). The number of benzene rings is 1. The summed E-state index contributed by atoms with van der Waals surface area (Å²) in [4.78, 5) is 26.3. The number of nitrogens with one attached hydrogen (secondary N) is 1. The molecular weight excluding hydrogens is 218 g/mol. The van der Waals surface area contributed by atoms with Crippen LogP contribution in [0, 0.1) is 0 Å². The average molecular weight is 231 g/mol. The van der Waals surface area contributed by atoms with Crippen LogP contribution < -0.4 is 5.43 Å². The highest BCUT2D eigenvalue weighted by atomic mass is 16.5. The van der Waals surface area contributed by atoms with Crippen LogP contribution in [0.15, 0.2) is 29.1 Å². The lowest BCUT2D eigenvalue weighted by Gasteiger charge is -2.05. The van der Waals surface area contributed by atoms with Gasteiger partial charge >= 0.3 is 5.97 Å². The fraction of sp³-hybridized carbons (Fsp3) is 0.231. The van der Waals surface area contributed by atoms with E-state index in [1.807, 2.05) is 19.1 Å². The van der Waals surface area contributed by atoms with Crippen LogP contribution in [0.3, 0.4) is 0 Å². The zero-order valence-corrected chi connectivity index (χ0v) is 9.74. The number of carbonyl (C=O) groups excluding carboxylic acids is 1. The van der Waals surface area contributed by atoms with Crippen LogP contribution in [0.2, 0.25) is 0 Å². The smallest absolute Gasteiger partial charge is 0.354 e. The van der Waals surface area contributed by atoms with Gasteiger partial charge in [0.05, 0.1) is 12.6 Å². The lowest BCUT2D eigenvalue weighted by Crippen LogP contribution is -2.12. The molecule has 2 aromatic rings. The van der Waals surface area contributed by atoms with Crippen molar-refractivity contribution in [3.63, 3.8) is 0 Å². The number of aryl methyl sites for hydroxylation is 1. The van der Waals surface area contributed by atoms with Gasteiger partial charge < -0.3 is 9.72 Å². The van der Waals surface area contributed by atoms with Crippen molar-refractivity contribution in [1.82, 2.24) is 4.98 Å². The van der Waals surface area contributed by atoms with E-state index in [2.05, 4.69) is 9.72 Å². The number of methoxy groups -OCH3 is 1. The molecule has 1 heterocycles. The first-order valence-corrected chi connectivity index (χ1v) is 5.40. The van der Waals surface area contributed by atoms with E-state index >= 15 is 0 Å². The van der Waals surface area contributed by atoms with Gasteiger partial charge in [0.1, 0.15) is 5.69 Å². The van der Waals surface area contributed by atoms with E-state index in [-0.39, 0.29) is 11.1 Å². The second-order valence-corrected chi connectivity index (χ2v) is 3.73. The maximum Gasteiger partial charge on any atom is 0.354 e. The number of aromatic amines is 1. The molecule has 0 bridgehead atoms. The molecule has 88 valence electrons. The zero-order chi connectivity index (χ0) is 12.4. The summed E-state index contributed by atoms with van der Waals surface area (Å²) in [5, 5.41) is 0.641. The molecule has 1 aromatic heterocycles. The first-order chi connectivity index (χ1) is 8.17. The molecule has 0 aliphatic heterocycles. The monoisotopic (exact) mass is 231 g/mol. The Hall–Kier alpha value is -2.10. The number of carbonyl (C=O) groups is 1. The third kappa shape index (κ3) is 1.93. The molecule has 1 aromatic carbocycles. The van der Waals surface area contributed by atoms with E-state index < -0.39 is 5.97 Å².